The number of benzene rings is 1. The van der Waals surface area contributed by atoms with E-state index in [1.54, 1.807) is 0 Å². The number of hydrogen-bond acceptors (Lipinski definition) is 7. The third-order valence-corrected chi connectivity index (χ3v) is 7.10. The smallest absolute Gasteiger partial charge is 0.319 e. The van der Waals surface area contributed by atoms with Gasteiger partial charge in [-0.15, -0.1) is 0 Å². The molecule has 9 heteroatoms. The molecule has 2 saturated heterocycles. The molecular formula is C26H36N6O3. The molecule has 3 aliphatic heterocycles. The zero-order chi connectivity index (χ0) is 24.2. The van der Waals surface area contributed by atoms with Gasteiger partial charge in [-0.1, -0.05) is 0 Å². The van der Waals surface area contributed by atoms with Gasteiger partial charge in [0.05, 0.1) is 31.6 Å². The zero-order valence-corrected chi connectivity index (χ0v) is 20.8. The lowest BCUT2D eigenvalue weighted by molar-refractivity contribution is 0.0119. The van der Waals surface area contributed by atoms with Gasteiger partial charge in [0, 0.05) is 55.6 Å². The first-order valence-corrected chi connectivity index (χ1v) is 12.8. The number of carbonyl (C=O) groups excluding carboxylic acids is 1. The van der Waals surface area contributed by atoms with Crippen molar-refractivity contribution in [3.63, 3.8) is 0 Å². The summed E-state index contributed by atoms with van der Waals surface area (Å²) in [6, 6.07) is 8.27. The number of hydrogen-bond donors (Lipinski definition) is 2. The third-order valence-electron chi connectivity index (χ3n) is 7.10. The Labute approximate surface area is 207 Å². The SMILES string of the molecule is CCNC(=O)Nc1ccc(-c2nc3c(c(N4CCOC[C@@H]4C)n2)CCN(C2CCCOC2)C3)cc1. The van der Waals surface area contributed by atoms with Crippen LogP contribution in [0.4, 0.5) is 16.3 Å². The van der Waals surface area contributed by atoms with Gasteiger partial charge in [-0.2, -0.15) is 0 Å². The molecule has 2 aromatic rings. The molecule has 0 radical (unpaired) electrons. The second kappa shape index (κ2) is 10.9. The summed E-state index contributed by atoms with van der Waals surface area (Å²) in [5.41, 5.74) is 4.06. The first-order valence-electron chi connectivity index (χ1n) is 12.8. The molecule has 2 atom stereocenters. The standard InChI is InChI=1S/C26H36N6O3/c1-3-27-26(33)28-20-8-6-19(7-9-20)24-29-23-15-31(21-5-4-13-34-17-21)11-10-22(23)25(30-24)32-12-14-35-16-18(32)2/h6-9,18,21H,3-5,10-17H2,1-2H3,(H2,27,28,33)/t18-,21?/m0/s1. The van der Waals surface area contributed by atoms with E-state index in [1.807, 2.05) is 31.2 Å². The summed E-state index contributed by atoms with van der Waals surface area (Å²) < 4.78 is 11.5. The van der Waals surface area contributed by atoms with E-state index in [4.69, 9.17) is 19.4 Å². The normalized spacial score (nSPS) is 23.0. The van der Waals surface area contributed by atoms with Gasteiger partial charge in [-0.05, 0) is 57.4 Å². The maximum atomic E-state index is 11.9. The van der Waals surface area contributed by atoms with Crippen molar-refractivity contribution in [3.05, 3.63) is 35.5 Å². The second-order valence-electron chi connectivity index (χ2n) is 9.57. The monoisotopic (exact) mass is 480 g/mol. The van der Waals surface area contributed by atoms with E-state index in [2.05, 4.69) is 27.4 Å². The lowest BCUT2D eigenvalue weighted by Gasteiger charge is -2.40. The number of morpholine rings is 1. The zero-order valence-electron chi connectivity index (χ0n) is 20.8. The van der Waals surface area contributed by atoms with Crippen LogP contribution in [0.15, 0.2) is 24.3 Å². The number of carbonyl (C=O) groups is 1. The van der Waals surface area contributed by atoms with E-state index in [1.165, 1.54) is 12.0 Å². The van der Waals surface area contributed by atoms with E-state index in [0.717, 1.165) is 74.3 Å². The van der Waals surface area contributed by atoms with Crippen molar-refractivity contribution in [2.45, 2.75) is 51.7 Å². The topological polar surface area (TPSA) is 91.9 Å². The third kappa shape index (κ3) is 5.42. The largest absolute Gasteiger partial charge is 0.380 e. The van der Waals surface area contributed by atoms with Crippen LogP contribution in [-0.2, 0) is 22.4 Å². The van der Waals surface area contributed by atoms with E-state index >= 15 is 0 Å². The van der Waals surface area contributed by atoms with E-state index in [0.29, 0.717) is 25.8 Å². The average molecular weight is 481 g/mol. The highest BCUT2D eigenvalue weighted by atomic mass is 16.5. The van der Waals surface area contributed by atoms with E-state index in [9.17, 15) is 4.79 Å². The molecule has 0 saturated carbocycles. The van der Waals surface area contributed by atoms with Crippen LogP contribution in [0.25, 0.3) is 11.4 Å². The highest BCUT2D eigenvalue weighted by molar-refractivity contribution is 5.89. The molecule has 35 heavy (non-hydrogen) atoms. The van der Waals surface area contributed by atoms with Crippen molar-refractivity contribution in [3.8, 4) is 11.4 Å². The molecule has 2 fully saturated rings. The first-order chi connectivity index (χ1) is 17.1. The summed E-state index contributed by atoms with van der Waals surface area (Å²) in [7, 11) is 0. The molecule has 1 unspecified atom stereocenters. The fourth-order valence-corrected chi connectivity index (χ4v) is 5.20. The maximum Gasteiger partial charge on any atom is 0.319 e. The molecule has 1 aromatic carbocycles. The van der Waals surface area contributed by atoms with Gasteiger partial charge in [0.2, 0.25) is 0 Å². The van der Waals surface area contributed by atoms with Crippen molar-refractivity contribution in [1.29, 1.82) is 0 Å². The van der Waals surface area contributed by atoms with E-state index in [-0.39, 0.29) is 12.1 Å². The Morgan fingerprint density at radius 1 is 1.11 bits per heavy atom. The van der Waals surface area contributed by atoms with Crippen LogP contribution in [0, 0.1) is 0 Å². The summed E-state index contributed by atoms with van der Waals surface area (Å²) in [4.78, 5) is 27.0. The van der Waals surface area contributed by atoms with Crippen LogP contribution < -0.4 is 15.5 Å². The molecule has 0 spiro atoms. The van der Waals surface area contributed by atoms with Gasteiger partial charge in [-0.3, -0.25) is 4.90 Å². The Balaban J connectivity index is 1.46. The summed E-state index contributed by atoms with van der Waals surface area (Å²) in [5, 5.41) is 5.60. The van der Waals surface area contributed by atoms with Gasteiger partial charge < -0.3 is 25.0 Å². The summed E-state index contributed by atoms with van der Waals surface area (Å²) in [6.07, 6.45) is 3.25. The minimum atomic E-state index is -0.208. The summed E-state index contributed by atoms with van der Waals surface area (Å²) in [5.74, 6) is 1.77. The maximum absolute atomic E-state index is 11.9. The van der Waals surface area contributed by atoms with Gasteiger partial charge in [-0.25, -0.2) is 14.8 Å². The Morgan fingerprint density at radius 2 is 1.94 bits per heavy atom. The Hall–Kier alpha value is -2.75. The summed E-state index contributed by atoms with van der Waals surface area (Å²) in [6.45, 7) is 10.4. The fraction of sp³-hybridized carbons (Fsp3) is 0.577. The Kier molecular flexibility index (Phi) is 7.46. The van der Waals surface area contributed by atoms with Crippen molar-refractivity contribution < 1.29 is 14.3 Å². The quantitative estimate of drug-likeness (QED) is 0.680. The number of fused-ring (bicyclic) bond motifs is 1. The summed E-state index contributed by atoms with van der Waals surface area (Å²) >= 11 is 0. The highest BCUT2D eigenvalue weighted by Crippen LogP contribution is 2.33. The van der Waals surface area contributed by atoms with Crippen LogP contribution in [0.2, 0.25) is 0 Å². The number of aromatic nitrogens is 2. The number of nitrogens with one attached hydrogen (secondary N) is 2. The number of urea groups is 1. The molecule has 2 N–H and O–H groups in total. The molecule has 188 valence electrons. The van der Waals surface area contributed by atoms with Crippen LogP contribution >= 0.6 is 0 Å². The van der Waals surface area contributed by atoms with E-state index < -0.39 is 0 Å². The lowest BCUT2D eigenvalue weighted by atomic mass is 9.99. The van der Waals surface area contributed by atoms with Crippen molar-refractivity contribution in [2.75, 3.05) is 56.3 Å². The molecular weight excluding hydrogens is 444 g/mol. The first kappa shape index (κ1) is 24.0. The number of nitrogens with zero attached hydrogens (tertiary/aromatic N) is 4. The van der Waals surface area contributed by atoms with Gasteiger partial charge in [0.1, 0.15) is 5.82 Å². The number of anilines is 2. The Bertz CT molecular complexity index is 1020. The van der Waals surface area contributed by atoms with Crippen LogP contribution in [-0.4, -0.2) is 79.0 Å². The molecule has 2 amide bonds. The Morgan fingerprint density at radius 3 is 2.69 bits per heavy atom. The average Bonchev–Trinajstić information content (AvgIpc) is 2.89. The molecule has 9 nitrogen and oxygen atoms in total. The predicted molar refractivity (Wildman–Crippen MR) is 136 cm³/mol. The predicted octanol–water partition coefficient (Wildman–Crippen LogP) is 3.05. The minimum Gasteiger partial charge on any atom is -0.380 e. The second-order valence-corrected chi connectivity index (χ2v) is 9.57. The highest BCUT2D eigenvalue weighted by Gasteiger charge is 2.31. The van der Waals surface area contributed by atoms with Crippen molar-refractivity contribution in [1.82, 2.24) is 20.2 Å². The van der Waals surface area contributed by atoms with Crippen molar-refractivity contribution in [2.24, 2.45) is 0 Å². The molecule has 3 aliphatic rings. The van der Waals surface area contributed by atoms with Gasteiger partial charge >= 0.3 is 6.03 Å². The van der Waals surface area contributed by atoms with Gasteiger partial charge in [0.15, 0.2) is 5.82 Å². The molecule has 0 aliphatic carbocycles. The minimum absolute atomic E-state index is 0.208. The molecule has 0 bridgehead atoms. The molecule has 1 aromatic heterocycles. The van der Waals surface area contributed by atoms with Gasteiger partial charge in [0.25, 0.3) is 0 Å². The fourth-order valence-electron chi connectivity index (χ4n) is 5.20. The lowest BCUT2D eigenvalue weighted by Crippen LogP contribution is -2.47. The van der Waals surface area contributed by atoms with Crippen LogP contribution in [0.1, 0.15) is 37.9 Å². The van der Waals surface area contributed by atoms with Crippen LogP contribution in [0.5, 0.6) is 0 Å². The molecule has 4 heterocycles. The molecule has 5 rings (SSSR count). The van der Waals surface area contributed by atoms with Crippen molar-refractivity contribution >= 4 is 17.5 Å². The number of ether oxygens (including phenoxy) is 2. The van der Waals surface area contributed by atoms with Crippen LogP contribution in [0.3, 0.4) is 0 Å². The number of amides is 2. The number of rotatable bonds is 5.